The first-order valence-corrected chi connectivity index (χ1v) is 8.28. The van der Waals surface area contributed by atoms with Gasteiger partial charge >= 0.3 is 0 Å². The normalized spacial score (nSPS) is 11.9. The van der Waals surface area contributed by atoms with Crippen molar-refractivity contribution in [2.75, 3.05) is 0 Å². The van der Waals surface area contributed by atoms with E-state index in [2.05, 4.69) is 82.1 Å². The highest BCUT2D eigenvalue weighted by Crippen LogP contribution is 2.27. The molecule has 1 aromatic heterocycles. The maximum absolute atomic E-state index is 4.66. The Morgan fingerprint density at radius 1 is 0.826 bits per heavy atom. The van der Waals surface area contributed by atoms with Crippen LogP contribution in [0.15, 0.2) is 48.7 Å². The Labute approximate surface area is 139 Å². The third-order valence-electron chi connectivity index (χ3n) is 4.04. The summed E-state index contributed by atoms with van der Waals surface area (Å²) in [6, 6.07) is 15.6. The second kappa shape index (κ2) is 5.81. The monoisotopic (exact) mass is 303 g/mol. The first-order valence-electron chi connectivity index (χ1n) is 8.28. The molecular formula is C22H25N. The zero-order valence-corrected chi connectivity index (χ0v) is 14.8. The van der Waals surface area contributed by atoms with Gasteiger partial charge in [0.05, 0.1) is 5.69 Å². The molecule has 3 rings (SSSR count). The van der Waals surface area contributed by atoms with Crippen LogP contribution in [0.1, 0.15) is 37.5 Å². The summed E-state index contributed by atoms with van der Waals surface area (Å²) in [5.41, 5.74) is 6.51. The van der Waals surface area contributed by atoms with Crippen LogP contribution in [0, 0.1) is 19.3 Å². The van der Waals surface area contributed by atoms with Gasteiger partial charge in [0, 0.05) is 17.1 Å². The number of aryl methyl sites for hydroxylation is 2. The predicted molar refractivity (Wildman–Crippen MR) is 99.8 cm³/mol. The van der Waals surface area contributed by atoms with Crippen LogP contribution in [0.25, 0.3) is 22.0 Å². The number of fused-ring (bicyclic) bond motifs is 1. The van der Waals surface area contributed by atoms with Crippen molar-refractivity contribution < 1.29 is 0 Å². The number of benzene rings is 2. The molecule has 0 aliphatic heterocycles. The summed E-state index contributed by atoms with van der Waals surface area (Å²) in [7, 11) is 0. The molecule has 1 heteroatoms. The fourth-order valence-corrected chi connectivity index (χ4v) is 3.19. The van der Waals surface area contributed by atoms with Crippen molar-refractivity contribution in [2.24, 2.45) is 5.41 Å². The number of hydrogen-bond donors (Lipinski definition) is 0. The zero-order valence-electron chi connectivity index (χ0n) is 14.8. The fourth-order valence-electron chi connectivity index (χ4n) is 3.19. The van der Waals surface area contributed by atoms with E-state index in [1.54, 1.807) is 0 Å². The van der Waals surface area contributed by atoms with Crippen molar-refractivity contribution in [3.63, 3.8) is 0 Å². The molecule has 0 N–H and O–H groups in total. The van der Waals surface area contributed by atoms with Gasteiger partial charge in [-0.05, 0) is 54.8 Å². The molecule has 0 aliphatic carbocycles. The number of pyridine rings is 1. The first kappa shape index (κ1) is 15.7. The summed E-state index contributed by atoms with van der Waals surface area (Å²) >= 11 is 0. The second-order valence-corrected chi connectivity index (χ2v) is 7.86. The van der Waals surface area contributed by atoms with E-state index in [0.29, 0.717) is 5.41 Å². The molecule has 3 aromatic rings. The molecule has 0 aliphatic rings. The lowest BCUT2D eigenvalue weighted by Gasteiger charge is -2.18. The summed E-state index contributed by atoms with van der Waals surface area (Å²) < 4.78 is 0. The second-order valence-electron chi connectivity index (χ2n) is 7.86. The zero-order chi connectivity index (χ0) is 16.6. The van der Waals surface area contributed by atoms with Crippen LogP contribution in [-0.2, 0) is 6.42 Å². The van der Waals surface area contributed by atoms with Gasteiger partial charge in [-0.2, -0.15) is 0 Å². The minimum absolute atomic E-state index is 0.303. The number of hydrogen-bond acceptors (Lipinski definition) is 1. The number of nitrogens with zero attached hydrogens (tertiary/aromatic N) is 1. The molecule has 0 amide bonds. The van der Waals surface area contributed by atoms with E-state index >= 15 is 0 Å². The highest BCUT2D eigenvalue weighted by atomic mass is 14.7. The Morgan fingerprint density at radius 3 is 2.17 bits per heavy atom. The molecule has 0 radical (unpaired) electrons. The average molecular weight is 303 g/mol. The summed E-state index contributed by atoms with van der Waals surface area (Å²) in [6.07, 6.45) is 3.08. The Balaban J connectivity index is 2.06. The van der Waals surface area contributed by atoms with Gasteiger partial charge in [-0.25, -0.2) is 0 Å². The average Bonchev–Trinajstić information content (AvgIpc) is 2.43. The van der Waals surface area contributed by atoms with Crippen molar-refractivity contribution in [3.05, 3.63) is 65.4 Å². The SMILES string of the molecule is Cc1cc(C)cc(-c2cc3cc(CC(C)(C)C)ccc3cn2)c1. The molecule has 1 nitrogen and oxygen atoms in total. The molecule has 0 spiro atoms. The lowest BCUT2D eigenvalue weighted by Crippen LogP contribution is -2.08. The quantitative estimate of drug-likeness (QED) is 0.557. The summed E-state index contributed by atoms with van der Waals surface area (Å²) in [4.78, 5) is 4.66. The molecule has 0 saturated heterocycles. The van der Waals surface area contributed by atoms with Gasteiger partial charge in [0.2, 0.25) is 0 Å². The van der Waals surface area contributed by atoms with E-state index in [1.165, 1.54) is 33.0 Å². The van der Waals surface area contributed by atoms with Crippen molar-refractivity contribution >= 4 is 10.8 Å². The first-order chi connectivity index (χ1) is 10.8. The van der Waals surface area contributed by atoms with Gasteiger partial charge in [-0.1, -0.05) is 56.2 Å². The van der Waals surface area contributed by atoms with Crippen molar-refractivity contribution in [2.45, 2.75) is 41.0 Å². The molecule has 23 heavy (non-hydrogen) atoms. The van der Waals surface area contributed by atoms with Gasteiger partial charge in [-0.3, -0.25) is 4.98 Å². The topological polar surface area (TPSA) is 12.9 Å². The molecule has 2 aromatic carbocycles. The van der Waals surface area contributed by atoms with E-state index in [-0.39, 0.29) is 0 Å². The standard InChI is InChI=1S/C22H25N/c1-15-8-16(2)10-20(9-15)21-12-19-11-17(13-22(3,4)5)6-7-18(19)14-23-21/h6-12,14H,13H2,1-5H3. The van der Waals surface area contributed by atoms with Crippen LogP contribution in [0.2, 0.25) is 0 Å². The highest BCUT2D eigenvalue weighted by Gasteiger charge is 2.12. The van der Waals surface area contributed by atoms with Gasteiger partial charge in [-0.15, -0.1) is 0 Å². The number of aromatic nitrogens is 1. The van der Waals surface area contributed by atoms with E-state index < -0.39 is 0 Å². The number of rotatable bonds is 2. The minimum atomic E-state index is 0.303. The van der Waals surface area contributed by atoms with Gasteiger partial charge in [0.1, 0.15) is 0 Å². The Morgan fingerprint density at radius 2 is 1.52 bits per heavy atom. The largest absolute Gasteiger partial charge is 0.256 e. The van der Waals surface area contributed by atoms with Gasteiger partial charge < -0.3 is 0 Å². The van der Waals surface area contributed by atoms with E-state index in [4.69, 9.17) is 0 Å². The Kier molecular flexibility index (Phi) is 3.97. The molecule has 0 unspecified atom stereocenters. The minimum Gasteiger partial charge on any atom is -0.256 e. The summed E-state index contributed by atoms with van der Waals surface area (Å²) in [5.74, 6) is 0. The third kappa shape index (κ3) is 3.79. The summed E-state index contributed by atoms with van der Waals surface area (Å²) in [6.45, 7) is 11.1. The third-order valence-corrected chi connectivity index (χ3v) is 4.04. The van der Waals surface area contributed by atoms with E-state index in [9.17, 15) is 0 Å². The van der Waals surface area contributed by atoms with E-state index in [0.717, 1.165) is 12.1 Å². The van der Waals surface area contributed by atoms with Crippen LogP contribution in [0.3, 0.4) is 0 Å². The van der Waals surface area contributed by atoms with Gasteiger partial charge in [0.25, 0.3) is 0 Å². The molecular weight excluding hydrogens is 278 g/mol. The van der Waals surface area contributed by atoms with Crippen LogP contribution in [0.5, 0.6) is 0 Å². The van der Waals surface area contributed by atoms with Crippen molar-refractivity contribution in [3.8, 4) is 11.3 Å². The smallest absolute Gasteiger partial charge is 0.0708 e. The van der Waals surface area contributed by atoms with Crippen LogP contribution < -0.4 is 0 Å². The van der Waals surface area contributed by atoms with E-state index in [1.807, 2.05) is 6.20 Å². The lowest BCUT2D eigenvalue weighted by atomic mass is 9.87. The van der Waals surface area contributed by atoms with Crippen LogP contribution in [-0.4, -0.2) is 4.98 Å². The molecule has 118 valence electrons. The van der Waals surface area contributed by atoms with Gasteiger partial charge in [0.15, 0.2) is 0 Å². The Bertz CT molecular complexity index is 833. The molecule has 0 fully saturated rings. The van der Waals surface area contributed by atoms with Crippen molar-refractivity contribution in [1.29, 1.82) is 0 Å². The lowest BCUT2D eigenvalue weighted by molar-refractivity contribution is 0.411. The van der Waals surface area contributed by atoms with Crippen LogP contribution in [0.4, 0.5) is 0 Å². The van der Waals surface area contributed by atoms with Crippen molar-refractivity contribution in [1.82, 2.24) is 4.98 Å². The molecule has 0 bridgehead atoms. The Hall–Kier alpha value is -2.15. The maximum Gasteiger partial charge on any atom is 0.0708 e. The fraction of sp³-hybridized carbons (Fsp3) is 0.318. The predicted octanol–water partition coefficient (Wildman–Crippen LogP) is 6.11. The molecule has 0 atom stereocenters. The highest BCUT2D eigenvalue weighted by molar-refractivity contribution is 5.86. The summed E-state index contributed by atoms with van der Waals surface area (Å²) in [5, 5.41) is 2.48. The molecule has 1 heterocycles. The molecule has 0 saturated carbocycles. The maximum atomic E-state index is 4.66. The van der Waals surface area contributed by atoms with Crippen LogP contribution >= 0.6 is 0 Å².